The summed E-state index contributed by atoms with van der Waals surface area (Å²) in [4.78, 5) is 5.25. The summed E-state index contributed by atoms with van der Waals surface area (Å²) < 4.78 is 38.3. The van der Waals surface area contributed by atoms with Gasteiger partial charge in [0.25, 0.3) is 0 Å². The molecular weight excluding hydrogens is 317 g/mol. The van der Waals surface area contributed by atoms with Crippen LogP contribution < -0.4 is 5.32 Å². The number of allylic oxidation sites excluding steroid dienone is 4. The molecule has 0 aliphatic carbocycles. The first-order valence-electron chi connectivity index (χ1n) is 7.69. The fraction of sp³-hybridized carbons (Fsp3) is 0.389. The zero-order valence-electron chi connectivity index (χ0n) is 14.4. The van der Waals surface area contributed by atoms with Crippen LogP contribution >= 0.6 is 0 Å². The first kappa shape index (κ1) is 19.8. The van der Waals surface area contributed by atoms with Crippen LogP contribution in [0.15, 0.2) is 46.7 Å². The highest BCUT2D eigenvalue weighted by Crippen LogP contribution is 2.28. The molecule has 0 amide bonds. The van der Waals surface area contributed by atoms with Crippen LogP contribution in [0, 0.1) is 6.92 Å². The van der Waals surface area contributed by atoms with Crippen LogP contribution in [-0.4, -0.2) is 19.4 Å². The Kier molecular flexibility index (Phi) is 7.55. The van der Waals surface area contributed by atoms with Gasteiger partial charge in [-0.05, 0) is 43.5 Å². The van der Waals surface area contributed by atoms with Gasteiger partial charge in [0.05, 0.1) is 6.21 Å². The Morgan fingerprint density at radius 2 is 2.04 bits per heavy atom. The lowest BCUT2D eigenvalue weighted by molar-refractivity contribution is -0.0935. The number of anilines is 1. The highest BCUT2D eigenvalue weighted by atomic mass is 19.4. The van der Waals surface area contributed by atoms with Crippen LogP contribution in [0.25, 0.3) is 0 Å². The maximum Gasteiger partial charge on any atom is 0.412 e. The monoisotopic (exact) mass is 340 g/mol. The third-order valence-corrected chi connectivity index (χ3v) is 3.58. The van der Waals surface area contributed by atoms with Gasteiger partial charge in [-0.25, -0.2) is 0 Å². The number of benzene rings is 1. The topological polar surface area (TPSA) is 33.6 Å². The van der Waals surface area contributed by atoms with Crippen molar-refractivity contribution >= 4 is 11.9 Å². The highest BCUT2D eigenvalue weighted by molar-refractivity contribution is 5.82. The van der Waals surface area contributed by atoms with Crippen LogP contribution in [-0.2, 0) is 11.4 Å². The van der Waals surface area contributed by atoms with Gasteiger partial charge in [0.2, 0.25) is 0 Å². The van der Waals surface area contributed by atoms with Crippen molar-refractivity contribution in [1.29, 1.82) is 0 Å². The van der Waals surface area contributed by atoms with Crippen molar-refractivity contribution in [3.05, 3.63) is 52.6 Å². The summed E-state index contributed by atoms with van der Waals surface area (Å²) >= 11 is 0. The van der Waals surface area contributed by atoms with Gasteiger partial charge in [0.15, 0.2) is 0 Å². The minimum absolute atomic E-state index is 0.0930. The summed E-state index contributed by atoms with van der Waals surface area (Å²) in [6.07, 6.45) is -0.496. The number of aryl methyl sites for hydroxylation is 1. The Morgan fingerprint density at radius 3 is 2.58 bits per heavy atom. The summed E-state index contributed by atoms with van der Waals surface area (Å²) in [5, 5.41) is 6.86. The Labute approximate surface area is 140 Å². The maximum absolute atomic E-state index is 12.8. The average molecular weight is 340 g/mol. The Bertz CT molecular complexity index is 632. The van der Waals surface area contributed by atoms with Crippen molar-refractivity contribution in [2.45, 2.75) is 40.0 Å². The van der Waals surface area contributed by atoms with Crippen LogP contribution in [0.2, 0.25) is 0 Å². The van der Waals surface area contributed by atoms with Gasteiger partial charge >= 0.3 is 6.18 Å². The summed E-state index contributed by atoms with van der Waals surface area (Å²) in [6.45, 7) is 5.32. The Balaban J connectivity index is 2.78. The Morgan fingerprint density at radius 1 is 1.33 bits per heavy atom. The second-order valence-electron chi connectivity index (χ2n) is 5.17. The van der Waals surface area contributed by atoms with E-state index < -0.39 is 11.7 Å². The lowest BCUT2D eigenvalue weighted by atomic mass is 10.1. The molecule has 0 aliphatic heterocycles. The van der Waals surface area contributed by atoms with E-state index in [2.05, 4.69) is 10.5 Å². The molecule has 0 aliphatic rings. The number of nitrogens with zero attached hydrogens (tertiary/aromatic N) is 1. The average Bonchev–Trinajstić information content (AvgIpc) is 2.54. The van der Waals surface area contributed by atoms with Crippen LogP contribution in [0.4, 0.5) is 18.9 Å². The zero-order chi connectivity index (χ0) is 18.2. The molecule has 1 aromatic rings. The quantitative estimate of drug-likeness (QED) is 0.410. The number of rotatable bonds is 7. The van der Waals surface area contributed by atoms with Gasteiger partial charge < -0.3 is 10.2 Å². The number of hydrogen-bond donors (Lipinski definition) is 1. The molecule has 0 saturated heterocycles. The normalized spacial score (nSPS) is 13.5. The van der Waals surface area contributed by atoms with E-state index in [-0.39, 0.29) is 13.0 Å². The summed E-state index contributed by atoms with van der Waals surface area (Å²) in [6, 6.07) is 5.81. The molecule has 1 N–H and O–H groups in total. The van der Waals surface area contributed by atoms with E-state index in [1.54, 1.807) is 13.0 Å². The zero-order valence-corrected chi connectivity index (χ0v) is 14.4. The Hall–Kier alpha value is -2.24. The first-order valence-corrected chi connectivity index (χ1v) is 7.69. The predicted molar refractivity (Wildman–Crippen MR) is 92.2 cm³/mol. The summed E-state index contributed by atoms with van der Waals surface area (Å²) in [5.41, 5.74) is 2.69. The van der Waals surface area contributed by atoms with E-state index in [4.69, 9.17) is 4.84 Å². The molecule has 6 heteroatoms. The molecule has 1 aromatic carbocycles. The fourth-order valence-electron chi connectivity index (χ4n) is 2.11. The van der Waals surface area contributed by atoms with E-state index in [9.17, 15) is 13.2 Å². The largest absolute Gasteiger partial charge is 0.412 e. The minimum atomic E-state index is -4.33. The smallest absolute Gasteiger partial charge is 0.391 e. The minimum Gasteiger partial charge on any atom is -0.391 e. The van der Waals surface area contributed by atoms with E-state index in [1.165, 1.54) is 13.1 Å². The van der Waals surface area contributed by atoms with Crippen LogP contribution in [0.1, 0.15) is 31.4 Å². The molecule has 0 unspecified atom stereocenters. The first-order chi connectivity index (χ1) is 11.3. The predicted octanol–water partition coefficient (Wildman–Crippen LogP) is 5.38. The van der Waals surface area contributed by atoms with Gasteiger partial charge in [-0.2, -0.15) is 13.2 Å². The second-order valence-corrected chi connectivity index (χ2v) is 5.17. The van der Waals surface area contributed by atoms with Crippen molar-refractivity contribution in [3.8, 4) is 0 Å². The van der Waals surface area contributed by atoms with Gasteiger partial charge in [0, 0.05) is 23.9 Å². The molecule has 0 heterocycles. The number of hydrogen-bond acceptors (Lipinski definition) is 3. The van der Waals surface area contributed by atoms with E-state index in [1.807, 2.05) is 32.2 Å². The molecule has 0 aromatic heterocycles. The molecule has 0 bridgehead atoms. The van der Waals surface area contributed by atoms with Gasteiger partial charge in [-0.3, -0.25) is 0 Å². The molecule has 24 heavy (non-hydrogen) atoms. The van der Waals surface area contributed by atoms with Crippen LogP contribution in [0.3, 0.4) is 0 Å². The molecule has 3 nitrogen and oxygen atoms in total. The molecule has 0 radical (unpaired) electrons. The number of nitrogens with one attached hydrogen (secondary N) is 1. The lowest BCUT2D eigenvalue weighted by Crippen LogP contribution is -2.11. The maximum atomic E-state index is 12.8. The molecular formula is C18H23F3N2O. The van der Waals surface area contributed by atoms with Crippen LogP contribution in [0.5, 0.6) is 0 Å². The van der Waals surface area contributed by atoms with Crippen molar-refractivity contribution < 1.29 is 18.0 Å². The second kappa shape index (κ2) is 9.15. The third kappa shape index (κ3) is 5.76. The molecule has 0 atom stereocenters. The molecule has 0 spiro atoms. The number of alkyl halides is 3. The third-order valence-electron chi connectivity index (χ3n) is 3.58. The number of halogens is 3. The summed E-state index contributed by atoms with van der Waals surface area (Å²) in [7, 11) is 1.81. The molecule has 132 valence electrons. The van der Waals surface area contributed by atoms with Gasteiger partial charge in [-0.1, -0.05) is 30.3 Å². The molecule has 0 saturated carbocycles. The van der Waals surface area contributed by atoms with E-state index in [0.29, 0.717) is 5.57 Å². The van der Waals surface area contributed by atoms with E-state index in [0.717, 1.165) is 22.9 Å². The standard InChI is InChI=1S/C18H23F3N2O/c1-5-14(10-15(6-2)18(19,20)21)11-23-24-12-16-13(3)8-7-9-17(16)22-4/h5,7-11,22H,6,12H2,1-4H3/b14-5+,15-10+,23-11-. The number of oxime groups is 1. The molecule has 1 rings (SSSR count). The SMILES string of the molecule is C/C=C(/C=N\OCc1c(C)cccc1NC)\C=C(/CC)C(F)(F)F. The van der Waals surface area contributed by atoms with Gasteiger partial charge in [0.1, 0.15) is 6.61 Å². The van der Waals surface area contributed by atoms with Crippen molar-refractivity contribution in [3.63, 3.8) is 0 Å². The lowest BCUT2D eigenvalue weighted by Gasteiger charge is -2.11. The van der Waals surface area contributed by atoms with Gasteiger partial charge in [-0.15, -0.1) is 0 Å². The van der Waals surface area contributed by atoms with Crippen molar-refractivity contribution in [2.75, 3.05) is 12.4 Å². The van der Waals surface area contributed by atoms with Crippen molar-refractivity contribution in [1.82, 2.24) is 0 Å². The van der Waals surface area contributed by atoms with E-state index >= 15 is 0 Å². The highest BCUT2D eigenvalue weighted by Gasteiger charge is 2.31. The fourth-order valence-corrected chi connectivity index (χ4v) is 2.11. The van der Waals surface area contributed by atoms with Crippen molar-refractivity contribution in [2.24, 2.45) is 5.16 Å². The molecule has 0 fully saturated rings. The summed E-state index contributed by atoms with van der Waals surface area (Å²) in [5.74, 6) is 0.